The van der Waals surface area contributed by atoms with Gasteiger partial charge in [-0.1, -0.05) is 6.07 Å². The van der Waals surface area contributed by atoms with Crippen LogP contribution in [-0.4, -0.2) is 31.7 Å². The molecule has 0 radical (unpaired) electrons. The van der Waals surface area contributed by atoms with Gasteiger partial charge in [0.25, 0.3) is 0 Å². The van der Waals surface area contributed by atoms with Crippen LogP contribution in [0, 0.1) is 13.8 Å². The number of rotatable bonds is 9. The zero-order chi connectivity index (χ0) is 20.0. The van der Waals surface area contributed by atoms with Crippen molar-refractivity contribution in [1.82, 2.24) is 0 Å². The molecule has 1 unspecified atom stereocenters. The number of carbonyl (C=O) groups excluding carboxylic acids is 1. The zero-order valence-corrected chi connectivity index (χ0v) is 16.6. The fourth-order valence-corrected chi connectivity index (χ4v) is 2.88. The highest BCUT2D eigenvalue weighted by atomic mass is 31.2. The molecule has 0 aromatic heterocycles. The molecule has 2 rings (SSSR count). The van der Waals surface area contributed by atoms with Crippen molar-refractivity contribution in [1.29, 1.82) is 0 Å². The summed E-state index contributed by atoms with van der Waals surface area (Å²) < 4.78 is 25.9. The number of benzene rings is 2. The van der Waals surface area contributed by atoms with E-state index >= 15 is 0 Å². The van der Waals surface area contributed by atoms with Crippen LogP contribution >= 0.6 is 7.60 Å². The number of carbonyl (C=O) groups is 1. The second-order valence-electron chi connectivity index (χ2n) is 6.21. The number of hydrogen-bond donors (Lipinski definition) is 1. The molecule has 0 fully saturated rings. The van der Waals surface area contributed by atoms with E-state index in [0.717, 1.165) is 35.2 Å². The summed E-state index contributed by atoms with van der Waals surface area (Å²) in [6.45, 7) is 4.94. The molecule has 0 saturated heterocycles. The molecule has 1 atom stereocenters. The van der Waals surface area contributed by atoms with E-state index in [1.807, 2.05) is 19.9 Å². The van der Waals surface area contributed by atoms with Gasteiger partial charge in [-0.05, 0) is 66.8 Å². The van der Waals surface area contributed by atoms with Crippen molar-refractivity contribution in [2.24, 2.45) is 0 Å². The molecule has 27 heavy (non-hydrogen) atoms. The minimum absolute atomic E-state index is 0.0699. The Balaban J connectivity index is 2.21. The smallest absolute Gasteiger partial charge is 0.363 e. The van der Waals surface area contributed by atoms with E-state index in [4.69, 9.17) is 19.3 Å². The lowest BCUT2D eigenvalue weighted by molar-refractivity contribution is -0.107. The van der Waals surface area contributed by atoms with Gasteiger partial charge in [-0.25, -0.2) is 0 Å². The monoisotopic (exact) mass is 394 g/mol. The third-order valence-electron chi connectivity index (χ3n) is 3.86. The van der Waals surface area contributed by atoms with Gasteiger partial charge in [0.1, 0.15) is 5.75 Å². The average Bonchev–Trinajstić information content (AvgIpc) is 2.61. The van der Waals surface area contributed by atoms with Gasteiger partial charge in [0.2, 0.25) is 0 Å². The van der Waals surface area contributed by atoms with Gasteiger partial charge in [0, 0.05) is 13.8 Å². The van der Waals surface area contributed by atoms with Gasteiger partial charge in [-0.15, -0.1) is 4.67 Å². The summed E-state index contributed by atoms with van der Waals surface area (Å²) in [7, 11) is -2.21. The topological polar surface area (TPSA) is 91.3 Å². The summed E-state index contributed by atoms with van der Waals surface area (Å²) in [6.07, 6.45) is 1.36. The van der Waals surface area contributed by atoms with Crippen LogP contribution in [0.3, 0.4) is 0 Å². The molecular formula is C19H23O7P. The Hall–Kier alpha value is -2.18. The van der Waals surface area contributed by atoms with Crippen LogP contribution in [-0.2, 0) is 20.4 Å². The Kier molecular flexibility index (Phi) is 7.16. The van der Waals surface area contributed by atoms with Gasteiger partial charge in [-0.2, -0.15) is 0 Å². The van der Waals surface area contributed by atoms with Crippen LogP contribution in [0.4, 0.5) is 0 Å². The molecule has 0 heterocycles. The van der Waals surface area contributed by atoms with E-state index in [-0.39, 0.29) is 6.79 Å². The second kappa shape index (κ2) is 9.15. The largest absolute Gasteiger partial charge is 0.467 e. The van der Waals surface area contributed by atoms with E-state index in [2.05, 4.69) is 4.67 Å². The Morgan fingerprint density at radius 3 is 2.37 bits per heavy atom. The van der Waals surface area contributed by atoms with E-state index in [1.165, 1.54) is 7.11 Å². The molecule has 146 valence electrons. The molecule has 2 aromatic carbocycles. The molecule has 8 heteroatoms. The Labute approximate surface area is 158 Å². The molecule has 0 bridgehead atoms. The van der Waals surface area contributed by atoms with E-state index in [1.54, 1.807) is 24.3 Å². The lowest BCUT2D eigenvalue weighted by Gasteiger charge is -2.14. The number of hydrogen-bond acceptors (Lipinski definition) is 6. The third-order valence-corrected chi connectivity index (χ3v) is 4.21. The first kappa shape index (κ1) is 21.1. The van der Waals surface area contributed by atoms with Gasteiger partial charge in [-0.3, -0.25) is 9.36 Å². The van der Waals surface area contributed by atoms with Gasteiger partial charge >= 0.3 is 7.60 Å². The average molecular weight is 394 g/mol. The summed E-state index contributed by atoms with van der Waals surface area (Å²) >= 11 is 0. The molecule has 0 spiro atoms. The maximum Gasteiger partial charge on any atom is 0.363 e. The molecule has 1 N–H and O–H groups in total. The Morgan fingerprint density at radius 2 is 1.81 bits per heavy atom. The first-order valence-corrected chi connectivity index (χ1v) is 10.2. The minimum Gasteiger partial charge on any atom is -0.467 e. The summed E-state index contributed by atoms with van der Waals surface area (Å²) in [6, 6.07) is 8.88. The fourth-order valence-electron chi connectivity index (χ4n) is 2.65. The number of aldehydes is 1. The molecule has 0 aliphatic heterocycles. The summed E-state index contributed by atoms with van der Waals surface area (Å²) in [4.78, 5) is 25.4. The lowest BCUT2D eigenvalue weighted by atomic mass is 9.95. The minimum atomic E-state index is -3.73. The van der Waals surface area contributed by atoms with Crippen molar-refractivity contribution >= 4 is 13.9 Å². The van der Waals surface area contributed by atoms with Crippen LogP contribution in [0.15, 0.2) is 30.3 Å². The second-order valence-corrected chi connectivity index (χ2v) is 7.97. The number of methoxy groups -OCH3 is 1. The summed E-state index contributed by atoms with van der Waals surface area (Å²) in [5.41, 5.74) is 4.34. The Bertz CT molecular complexity index is 834. The number of ether oxygens (including phenoxy) is 2. The van der Waals surface area contributed by atoms with Crippen molar-refractivity contribution < 1.29 is 33.3 Å². The highest BCUT2D eigenvalue weighted by Crippen LogP contribution is 2.37. The predicted molar refractivity (Wildman–Crippen MR) is 101 cm³/mol. The molecule has 0 aliphatic carbocycles. The first-order chi connectivity index (χ1) is 12.7. The molecule has 0 amide bonds. The Morgan fingerprint density at radius 1 is 1.15 bits per heavy atom. The molecule has 7 nitrogen and oxygen atoms in total. The van der Waals surface area contributed by atoms with Gasteiger partial charge < -0.3 is 19.3 Å². The maximum absolute atomic E-state index is 11.3. The highest BCUT2D eigenvalue weighted by molar-refractivity contribution is 7.51. The normalized spacial score (nSPS) is 13.1. The van der Waals surface area contributed by atoms with E-state index in [0.29, 0.717) is 23.5 Å². The first-order valence-electron chi connectivity index (χ1n) is 8.20. The van der Waals surface area contributed by atoms with Crippen LogP contribution in [0.5, 0.6) is 11.5 Å². The molecule has 2 aromatic rings. The zero-order valence-electron chi connectivity index (χ0n) is 15.7. The SMILES string of the molecule is COCOc1ccc(Cc2c(C)cc(OOP(C)(=O)O)cc2C)cc1C=O. The third kappa shape index (κ3) is 6.19. The van der Waals surface area contributed by atoms with Crippen LogP contribution in [0.25, 0.3) is 0 Å². The van der Waals surface area contributed by atoms with Crippen molar-refractivity contribution in [3.63, 3.8) is 0 Å². The summed E-state index contributed by atoms with van der Waals surface area (Å²) in [5.74, 6) is 0.819. The fraction of sp³-hybridized carbons (Fsp3) is 0.316. The van der Waals surface area contributed by atoms with E-state index in [9.17, 15) is 9.36 Å². The van der Waals surface area contributed by atoms with Gasteiger partial charge in [0.15, 0.2) is 18.8 Å². The van der Waals surface area contributed by atoms with Crippen molar-refractivity contribution in [3.05, 3.63) is 58.1 Å². The van der Waals surface area contributed by atoms with Crippen LogP contribution < -0.4 is 9.62 Å². The molecule has 0 aliphatic rings. The van der Waals surface area contributed by atoms with Gasteiger partial charge in [0.05, 0.1) is 5.56 Å². The van der Waals surface area contributed by atoms with Crippen LogP contribution in [0.2, 0.25) is 0 Å². The van der Waals surface area contributed by atoms with Crippen molar-refractivity contribution in [3.8, 4) is 11.5 Å². The summed E-state index contributed by atoms with van der Waals surface area (Å²) in [5, 5.41) is 0. The molecular weight excluding hydrogens is 371 g/mol. The quantitative estimate of drug-likeness (QED) is 0.227. The standard InChI is InChI=1S/C19H23O7P/c1-13-7-17(25-26-27(4,21)22)8-14(2)18(13)10-15-5-6-19(24-12-23-3)16(9-15)11-20/h5-9,11H,10,12H2,1-4H3,(H,21,22). The van der Waals surface area contributed by atoms with Crippen LogP contribution in [0.1, 0.15) is 32.6 Å². The highest BCUT2D eigenvalue weighted by Gasteiger charge is 2.14. The predicted octanol–water partition coefficient (Wildman–Crippen LogP) is 3.82. The molecule has 0 saturated carbocycles. The van der Waals surface area contributed by atoms with Crippen molar-refractivity contribution in [2.75, 3.05) is 20.6 Å². The van der Waals surface area contributed by atoms with Crippen molar-refractivity contribution in [2.45, 2.75) is 20.3 Å². The lowest BCUT2D eigenvalue weighted by Crippen LogP contribution is -2.03. The number of aryl methyl sites for hydroxylation is 2. The maximum atomic E-state index is 11.3. The van der Waals surface area contributed by atoms with E-state index < -0.39 is 7.60 Å².